The van der Waals surface area contributed by atoms with Crippen LogP contribution < -0.4 is 0 Å². The highest BCUT2D eigenvalue weighted by Crippen LogP contribution is 1.91. The summed E-state index contributed by atoms with van der Waals surface area (Å²) in [6, 6.07) is 0. The highest BCUT2D eigenvalue weighted by atomic mass is 35.5. The first-order valence-corrected chi connectivity index (χ1v) is 3.45. The monoisotopic (exact) mass is 166 g/mol. The lowest BCUT2D eigenvalue weighted by Crippen LogP contribution is -2.10. The number of halogens is 1. The van der Waals surface area contributed by atoms with Gasteiger partial charge in [0.15, 0.2) is 0 Å². The molecule has 0 saturated carbocycles. The second-order valence-electron chi connectivity index (χ2n) is 1.86. The molecule has 0 rings (SSSR count). The molecule has 4 heteroatoms. The molecular weight excluding hydrogens is 156 g/mol. The Balaban J connectivity index is 3.52. The molecule has 0 radical (unpaired) electrons. The van der Waals surface area contributed by atoms with Crippen LogP contribution in [0.15, 0.2) is 12.2 Å². The Morgan fingerprint density at radius 2 is 1.70 bits per heavy atom. The molecule has 60 valence electrons. The van der Waals surface area contributed by atoms with Gasteiger partial charge in [-0.1, -0.05) is 12.2 Å². The van der Waals surface area contributed by atoms with Crippen molar-refractivity contribution in [1.82, 2.24) is 0 Å². The van der Waals surface area contributed by atoms with Gasteiger partial charge < -0.3 is 15.3 Å². The van der Waals surface area contributed by atoms with E-state index in [2.05, 4.69) is 0 Å². The molecule has 0 aromatic rings. The lowest BCUT2D eigenvalue weighted by molar-refractivity contribution is 0.129. The number of rotatable bonds is 4. The number of hydrogen-bond acceptors (Lipinski definition) is 3. The van der Waals surface area contributed by atoms with Gasteiger partial charge in [0.05, 0.1) is 24.7 Å². The van der Waals surface area contributed by atoms with Gasteiger partial charge in [-0.05, 0) is 0 Å². The molecule has 0 aromatic heterocycles. The van der Waals surface area contributed by atoms with Crippen LogP contribution in [0.5, 0.6) is 0 Å². The Kier molecular flexibility index (Phi) is 5.63. The number of aliphatic hydroxyl groups excluding tert-OH is 3. The molecule has 2 atom stereocenters. The van der Waals surface area contributed by atoms with Gasteiger partial charge in [-0.25, -0.2) is 0 Å². The van der Waals surface area contributed by atoms with E-state index in [9.17, 15) is 0 Å². The molecule has 0 aliphatic heterocycles. The fraction of sp³-hybridized carbons (Fsp3) is 0.667. The number of aliphatic hydroxyl groups is 3. The minimum atomic E-state index is -0.905. The molecule has 0 aliphatic rings. The molecule has 0 heterocycles. The third-order valence-electron chi connectivity index (χ3n) is 0.901. The maximum Gasteiger partial charge on any atom is 0.0952 e. The largest absolute Gasteiger partial charge is 0.393 e. The molecule has 0 saturated heterocycles. The average Bonchev–Trinajstić information content (AvgIpc) is 1.99. The molecular formula is C6H11ClO3. The third-order valence-corrected chi connectivity index (χ3v) is 1.22. The summed E-state index contributed by atoms with van der Waals surface area (Å²) in [6.07, 6.45) is 0.988. The standard InChI is InChI=1S/C6H11ClO3/c7-3-5(9)1-2-6(10)4-8/h1-2,5-6,8-10H,3-4H2/b2-1-/t5-,6-/m0/s1. The third kappa shape index (κ3) is 4.76. The van der Waals surface area contributed by atoms with Crippen molar-refractivity contribution in [3.05, 3.63) is 12.2 Å². The fourth-order valence-electron chi connectivity index (χ4n) is 0.369. The van der Waals surface area contributed by atoms with Gasteiger partial charge in [0.1, 0.15) is 0 Å². The fourth-order valence-corrected chi connectivity index (χ4v) is 0.472. The minimum Gasteiger partial charge on any atom is -0.393 e. The van der Waals surface area contributed by atoms with Crippen molar-refractivity contribution >= 4 is 11.6 Å². The summed E-state index contributed by atoms with van der Waals surface area (Å²) < 4.78 is 0. The predicted octanol–water partition coefficient (Wildman–Crippen LogP) is -0.504. The van der Waals surface area contributed by atoms with E-state index in [-0.39, 0.29) is 12.5 Å². The summed E-state index contributed by atoms with van der Waals surface area (Å²) in [5.74, 6) is 0.0919. The van der Waals surface area contributed by atoms with Gasteiger partial charge in [0.2, 0.25) is 0 Å². The highest BCUT2D eigenvalue weighted by Gasteiger charge is 1.97. The molecule has 0 spiro atoms. The van der Waals surface area contributed by atoms with E-state index in [1.807, 2.05) is 0 Å². The molecule has 0 bridgehead atoms. The van der Waals surface area contributed by atoms with Crippen LogP contribution in [0.1, 0.15) is 0 Å². The van der Waals surface area contributed by atoms with Crippen LogP contribution >= 0.6 is 11.6 Å². The van der Waals surface area contributed by atoms with Crippen molar-refractivity contribution in [2.75, 3.05) is 12.5 Å². The molecule has 3 N–H and O–H groups in total. The highest BCUT2D eigenvalue weighted by molar-refractivity contribution is 6.18. The first kappa shape index (κ1) is 9.91. The molecule has 0 fully saturated rings. The quantitative estimate of drug-likeness (QED) is 0.390. The average molecular weight is 167 g/mol. The van der Waals surface area contributed by atoms with E-state index < -0.39 is 12.2 Å². The molecule has 0 amide bonds. The van der Waals surface area contributed by atoms with Crippen molar-refractivity contribution in [2.24, 2.45) is 0 Å². The SMILES string of the molecule is OC[C@@H](O)/C=C\[C@H](O)CCl. The maximum atomic E-state index is 8.79. The van der Waals surface area contributed by atoms with Crippen LogP contribution in [0.4, 0.5) is 0 Å². The second kappa shape index (κ2) is 5.68. The van der Waals surface area contributed by atoms with Crippen molar-refractivity contribution in [3.8, 4) is 0 Å². The first-order valence-electron chi connectivity index (χ1n) is 2.92. The molecule has 0 unspecified atom stereocenters. The summed E-state index contributed by atoms with van der Waals surface area (Å²) in [4.78, 5) is 0. The van der Waals surface area contributed by atoms with Gasteiger partial charge in [0.25, 0.3) is 0 Å². The van der Waals surface area contributed by atoms with Crippen molar-refractivity contribution in [2.45, 2.75) is 12.2 Å². The van der Waals surface area contributed by atoms with Crippen LogP contribution in [0.2, 0.25) is 0 Å². The zero-order chi connectivity index (χ0) is 7.98. The van der Waals surface area contributed by atoms with Crippen LogP contribution in [-0.2, 0) is 0 Å². The zero-order valence-corrected chi connectivity index (χ0v) is 6.20. The first-order chi connectivity index (χ1) is 4.70. The van der Waals surface area contributed by atoms with E-state index in [1.165, 1.54) is 12.2 Å². The number of alkyl halides is 1. The van der Waals surface area contributed by atoms with E-state index in [4.69, 9.17) is 26.9 Å². The second-order valence-corrected chi connectivity index (χ2v) is 2.17. The van der Waals surface area contributed by atoms with E-state index >= 15 is 0 Å². The zero-order valence-electron chi connectivity index (χ0n) is 5.44. The van der Waals surface area contributed by atoms with E-state index in [0.717, 1.165) is 0 Å². The Morgan fingerprint density at radius 1 is 1.20 bits per heavy atom. The van der Waals surface area contributed by atoms with Crippen LogP contribution in [-0.4, -0.2) is 40.0 Å². The van der Waals surface area contributed by atoms with Gasteiger partial charge in [-0.3, -0.25) is 0 Å². The summed E-state index contributed by atoms with van der Waals surface area (Å²) in [6.45, 7) is -0.342. The normalized spacial score (nSPS) is 17.6. The summed E-state index contributed by atoms with van der Waals surface area (Å²) in [5.41, 5.74) is 0. The Bertz CT molecular complexity index is 93.2. The summed E-state index contributed by atoms with van der Waals surface area (Å²) in [5, 5.41) is 25.8. The molecule has 0 aliphatic carbocycles. The van der Waals surface area contributed by atoms with Crippen molar-refractivity contribution in [3.63, 3.8) is 0 Å². The number of hydrogen-bond donors (Lipinski definition) is 3. The smallest absolute Gasteiger partial charge is 0.0952 e. The molecule has 0 aromatic carbocycles. The summed E-state index contributed by atoms with van der Waals surface area (Å²) >= 11 is 5.23. The predicted molar refractivity (Wildman–Crippen MR) is 39.0 cm³/mol. The topological polar surface area (TPSA) is 60.7 Å². The Hall–Kier alpha value is -0.0900. The Labute approximate surface area is 64.6 Å². The van der Waals surface area contributed by atoms with Crippen LogP contribution in [0.3, 0.4) is 0 Å². The van der Waals surface area contributed by atoms with E-state index in [0.29, 0.717) is 0 Å². The molecule has 3 nitrogen and oxygen atoms in total. The minimum absolute atomic E-state index is 0.0919. The van der Waals surface area contributed by atoms with Crippen LogP contribution in [0, 0.1) is 0 Å². The lowest BCUT2D eigenvalue weighted by Gasteiger charge is -2.00. The maximum absolute atomic E-state index is 8.79. The van der Waals surface area contributed by atoms with Crippen molar-refractivity contribution in [1.29, 1.82) is 0 Å². The van der Waals surface area contributed by atoms with Gasteiger partial charge in [0, 0.05) is 0 Å². The van der Waals surface area contributed by atoms with Gasteiger partial charge in [-0.15, -0.1) is 11.6 Å². The lowest BCUT2D eigenvalue weighted by atomic mass is 10.3. The summed E-state index contributed by atoms with van der Waals surface area (Å²) in [7, 11) is 0. The van der Waals surface area contributed by atoms with Crippen molar-refractivity contribution < 1.29 is 15.3 Å². The van der Waals surface area contributed by atoms with E-state index in [1.54, 1.807) is 0 Å². The molecule has 10 heavy (non-hydrogen) atoms. The van der Waals surface area contributed by atoms with Crippen LogP contribution in [0.25, 0.3) is 0 Å². The van der Waals surface area contributed by atoms with Gasteiger partial charge >= 0.3 is 0 Å². The Morgan fingerprint density at radius 3 is 2.10 bits per heavy atom. The van der Waals surface area contributed by atoms with Gasteiger partial charge in [-0.2, -0.15) is 0 Å².